The lowest BCUT2D eigenvalue weighted by Crippen LogP contribution is -2.53. The Morgan fingerprint density at radius 2 is 1.45 bits per heavy atom. The molecule has 0 aliphatic heterocycles. The van der Waals surface area contributed by atoms with Gasteiger partial charge in [-0.2, -0.15) is 0 Å². The van der Waals surface area contributed by atoms with Crippen LogP contribution < -0.4 is 9.62 Å². The second-order valence-electron chi connectivity index (χ2n) is 10.3. The first-order chi connectivity index (χ1) is 21.2. The van der Waals surface area contributed by atoms with E-state index >= 15 is 0 Å². The third kappa shape index (κ3) is 8.45. The van der Waals surface area contributed by atoms with Gasteiger partial charge in [-0.3, -0.25) is 13.9 Å². The van der Waals surface area contributed by atoms with Gasteiger partial charge in [0.05, 0.1) is 15.6 Å². The number of unbranched alkanes of at least 4 members (excludes halogenated alkanes) is 1. The molecule has 44 heavy (non-hydrogen) atoms. The van der Waals surface area contributed by atoms with Gasteiger partial charge in [-0.25, -0.2) is 12.8 Å². The number of benzene rings is 4. The normalized spacial score (nSPS) is 11.9. The zero-order valence-corrected chi connectivity index (χ0v) is 26.0. The molecule has 0 unspecified atom stereocenters. The molecule has 0 aliphatic carbocycles. The largest absolute Gasteiger partial charge is 0.354 e. The summed E-state index contributed by atoms with van der Waals surface area (Å²) in [4.78, 5) is 29.4. The van der Waals surface area contributed by atoms with Crippen LogP contribution in [0.5, 0.6) is 0 Å². The predicted molar refractivity (Wildman–Crippen MR) is 171 cm³/mol. The number of carbonyl (C=O) groups is 2. The van der Waals surface area contributed by atoms with E-state index in [1.54, 1.807) is 18.2 Å². The SMILES string of the molecule is CCCCNC(=O)[C@@H](Cc1ccccc1)N(Cc1ccccc1)C(=O)CN(c1ccc(F)c(Cl)c1)S(=O)(=O)c1ccccc1. The molecule has 0 aromatic heterocycles. The molecule has 0 spiro atoms. The number of halogens is 2. The van der Waals surface area contributed by atoms with E-state index in [0.29, 0.717) is 6.54 Å². The Kier molecular flexibility index (Phi) is 11.5. The highest BCUT2D eigenvalue weighted by atomic mass is 35.5. The highest BCUT2D eigenvalue weighted by molar-refractivity contribution is 7.92. The van der Waals surface area contributed by atoms with E-state index in [1.165, 1.54) is 29.2 Å². The van der Waals surface area contributed by atoms with Gasteiger partial charge in [0.25, 0.3) is 10.0 Å². The van der Waals surface area contributed by atoms with Gasteiger partial charge in [0.2, 0.25) is 11.8 Å². The van der Waals surface area contributed by atoms with Crippen LogP contribution in [0.25, 0.3) is 0 Å². The predicted octanol–water partition coefficient (Wildman–Crippen LogP) is 6.23. The van der Waals surface area contributed by atoms with Crippen molar-refractivity contribution in [3.05, 3.63) is 131 Å². The number of sulfonamides is 1. The van der Waals surface area contributed by atoms with Crippen molar-refractivity contribution in [3.8, 4) is 0 Å². The Balaban J connectivity index is 1.78. The molecule has 0 radical (unpaired) electrons. The molecule has 0 saturated heterocycles. The maximum atomic E-state index is 14.4. The number of nitrogens with zero attached hydrogens (tertiary/aromatic N) is 2. The molecule has 4 rings (SSSR count). The molecular formula is C34H35ClFN3O4S. The van der Waals surface area contributed by atoms with E-state index in [1.807, 2.05) is 67.6 Å². The molecule has 0 bridgehead atoms. The molecule has 2 amide bonds. The fraction of sp³-hybridized carbons (Fsp3) is 0.235. The van der Waals surface area contributed by atoms with Gasteiger partial charge in [-0.1, -0.05) is 104 Å². The lowest BCUT2D eigenvalue weighted by molar-refractivity contribution is -0.140. The molecule has 1 N–H and O–H groups in total. The summed E-state index contributed by atoms with van der Waals surface area (Å²) in [6, 6.07) is 28.7. The van der Waals surface area contributed by atoms with Crippen LogP contribution in [0.3, 0.4) is 0 Å². The lowest BCUT2D eigenvalue weighted by atomic mass is 10.0. The Labute approximate surface area is 263 Å². The molecule has 1 atom stereocenters. The van der Waals surface area contributed by atoms with Gasteiger partial charge in [-0.05, 0) is 47.9 Å². The Bertz CT molecular complexity index is 1640. The topological polar surface area (TPSA) is 86.8 Å². The minimum absolute atomic E-state index is 0.0141. The average Bonchev–Trinajstić information content (AvgIpc) is 3.04. The number of rotatable bonds is 14. The monoisotopic (exact) mass is 635 g/mol. The fourth-order valence-corrected chi connectivity index (χ4v) is 6.33. The van der Waals surface area contributed by atoms with Crippen molar-refractivity contribution in [3.63, 3.8) is 0 Å². The van der Waals surface area contributed by atoms with Gasteiger partial charge < -0.3 is 10.2 Å². The van der Waals surface area contributed by atoms with Gasteiger partial charge in [0.15, 0.2) is 0 Å². The summed E-state index contributed by atoms with van der Waals surface area (Å²) in [6.45, 7) is 1.86. The van der Waals surface area contributed by atoms with Crippen LogP contribution in [-0.4, -0.2) is 44.3 Å². The van der Waals surface area contributed by atoms with Crippen LogP contribution in [0.4, 0.5) is 10.1 Å². The smallest absolute Gasteiger partial charge is 0.264 e. The van der Waals surface area contributed by atoms with Crippen LogP contribution in [-0.2, 0) is 32.6 Å². The zero-order chi connectivity index (χ0) is 31.5. The third-order valence-electron chi connectivity index (χ3n) is 7.10. The summed E-state index contributed by atoms with van der Waals surface area (Å²) in [7, 11) is -4.30. The minimum atomic E-state index is -4.30. The average molecular weight is 636 g/mol. The molecule has 0 saturated carbocycles. The molecule has 4 aromatic carbocycles. The number of hydrogen-bond acceptors (Lipinski definition) is 4. The quantitative estimate of drug-likeness (QED) is 0.166. The molecule has 0 fully saturated rings. The Hall–Kier alpha value is -4.21. The van der Waals surface area contributed by atoms with E-state index in [0.717, 1.165) is 34.3 Å². The number of anilines is 1. The van der Waals surface area contributed by atoms with Gasteiger partial charge in [0, 0.05) is 19.5 Å². The van der Waals surface area contributed by atoms with Crippen LogP contribution in [0.1, 0.15) is 30.9 Å². The van der Waals surface area contributed by atoms with Gasteiger partial charge in [0.1, 0.15) is 18.4 Å². The van der Waals surface area contributed by atoms with E-state index < -0.39 is 34.3 Å². The highest BCUT2D eigenvalue weighted by Gasteiger charge is 2.34. The summed E-state index contributed by atoms with van der Waals surface area (Å²) >= 11 is 6.06. The molecule has 230 valence electrons. The van der Waals surface area contributed by atoms with Crippen molar-refractivity contribution in [2.75, 3.05) is 17.4 Å². The summed E-state index contributed by atoms with van der Waals surface area (Å²) in [6.07, 6.45) is 1.86. The molecule has 10 heteroatoms. The summed E-state index contributed by atoms with van der Waals surface area (Å²) in [5.41, 5.74) is 1.62. The zero-order valence-electron chi connectivity index (χ0n) is 24.4. The summed E-state index contributed by atoms with van der Waals surface area (Å²) < 4.78 is 42.9. The van der Waals surface area contributed by atoms with E-state index in [4.69, 9.17) is 11.6 Å². The maximum Gasteiger partial charge on any atom is 0.264 e. The first kappa shape index (κ1) is 32.7. The summed E-state index contributed by atoms with van der Waals surface area (Å²) in [5, 5.41) is 2.67. The van der Waals surface area contributed by atoms with E-state index in [9.17, 15) is 22.4 Å². The van der Waals surface area contributed by atoms with Gasteiger partial charge >= 0.3 is 0 Å². The van der Waals surface area contributed by atoms with Crippen LogP contribution in [0.2, 0.25) is 5.02 Å². The minimum Gasteiger partial charge on any atom is -0.354 e. The van der Waals surface area contributed by atoms with E-state index in [-0.39, 0.29) is 34.5 Å². The fourth-order valence-electron chi connectivity index (χ4n) is 4.73. The van der Waals surface area contributed by atoms with E-state index in [2.05, 4.69) is 5.32 Å². The molecule has 0 aliphatic rings. The Morgan fingerprint density at radius 3 is 2.05 bits per heavy atom. The molecule has 7 nitrogen and oxygen atoms in total. The number of nitrogens with one attached hydrogen (secondary N) is 1. The van der Waals surface area contributed by atoms with Crippen molar-refractivity contribution >= 4 is 39.1 Å². The first-order valence-corrected chi connectivity index (χ1v) is 16.2. The number of carbonyl (C=O) groups excluding carboxylic acids is 2. The number of hydrogen-bond donors (Lipinski definition) is 1. The van der Waals surface area contributed by atoms with Crippen molar-refractivity contribution in [1.29, 1.82) is 0 Å². The number of amides is 2. The molecule has 0 heterocycles. The lowest BCUT2D eigenvalue weighted by Gasteiger charge is -2.34. The van der Waals surface area contributed by atoms with Crippen molar-refractivity contribution in [2.24, 2.45) is 0 Å². The van der Waals surface area contributed by atoms with Crippen molar-refractivity contribution in [2.45, 2.75) is 43.7 Å². The van der Waals surface area contributed by atoms with Gasteiger partial charge in [-0.15, -0.1) is 0 Å². The Morgan fingerprint density at radius 1 is 0.864 bits per heavy atom. The summed E-state index contributed by atoms with van der Waals surface area (Å²) in [5.74, 6) is -1.68. The van der Waals surface area contributed by atoms with Crippen LogP contribution >= 0.6 is 11.6 Å². The maximum absolute atomic E-state index is 14.4. The van der Waals surface area contributed by atoms with Crippen molar-refractivity contribution in [1.82, 2.24) is 10.2 Å². The first-order valence-electron chi connectivity index (χ1n) is 14.4. The van der Waals surface area contributed by atoms with Crippen LogP contribution in [0, 0.1) is 5.82 Å². The molecule has 4 aromatic rings. The van der Waals surface area contributed by atoms with Crippen molar-refractivity contribution < 1.29 is 22.4 Å². The third-order valence-corrected chi connectivity index (χ3v) is 9.18. The second-order valence-corrected chi connectivity index (χ2v) is 12.5. The highest BCUT2D eigenvalue weighted by Crippen LogP contribution is 2.28. The standard InChI is InChI=1S/C34H35ClFN3O4S/c1-2-3-21-37-34(41)32(22-26-13-7-4-8-14-26)38(24-27-15-9-5-10-16-27)33(40)25-39(28-19-20-31(36)30(35)23-28)44(42,43)29-17-11-6-12-18-29/h4-20,23,32H,2-3,21-22,24-25H2,1H3,(H,37,41)/t32-/m1/s1. The second kappa shape index (κ2) is 15.5. The molecular weight excluding hydrogens is 601 g/mol. The van der Waals surface area contributed by atoms with Crippen LogP contribution in [0.15, 0.2) is 114 Å².